The predicted molar refractivity (Wildman–Crippen MR) is 93.9 cm³/mol. The molecule has 0 fully saturated rings. The second kappa shape index (κ2) is 6.21. The smallest absolute Gasteiger partial charge is 0.261 e. The van der Waals surface area contributed by atoms with Crippen LogP contribution in [-0.2, 0) is 6.42 Å². The van der Waals surface area contributed by atoms with Crippen LogP contribution in [0.3, 0.4) is 0 Å². The Balaban J connectivity index is 1.72. The molecule has 1 unspecified atom stereocenters. The van der Waals surface area contributed by atoms with Gasteiger partial charge in [-0.05, 0) is 49.2 Å². The van der Waals surface area contributed by atoms with E-state index in [1.165, 1.54) is 18.1 Å². The first-order chi connectivity index (χ1) is 12.5. The minimum absolute atomic E-state index is 0.138. The summed E-state index contributed by atoms with van der Waals surface area (Å²) in [6, 6.07) is 7.89. The van der Waals surface area contributed by atoms with E-state index >= 15 is 0 Å². The van der Waals surface area contributed by atoms with Gasteiger partial charge in [0.15, 0.2) is 11.6 Å². The van der Waals surface area contributed by atoms with Gasteiger partial charge in [-0.15, -0.1) is 0 Å². The number of rotatable bonds is 3. The minimum atomic E-state index is -0.431. The number of benzene rings is 2. The van der Waals surface area contributed by atoms with Crippen molar-refractivity contribution < 1.29 is 18.7 Å². The molecular formula is C20H19FN2O3. The zero-order chi connectivity index (χ0) is 18.4. The number of hydrogen-bond donors (Lipinski definition) is 1. The number of hydrogen-bond acceptors (Lipinski definition) is 4. The SMILES string of the molecule is COc1c(F)cc(C)c2c1C(CN1C(=O)c3ccccc3C1=O)NCC2. The lowest BCUT2D eigenvalue weighted by atomic mass is 9.89. The Morgan fingerprint density at radius 1 is 1.23 bits per heavy atom. The molecule has 0 spiro atoms. The molecule has 5 nitrogen and oxygen atoms in total. The van der Waals surface area contributed by atoms with Crippen LogP contribution in [0.15, 0.2) is 30.3 Å². The van der Waals surface area contributed by atoms with Gasteiger partial charge in [-0.25, -0.2) is 4.39 Å². The van der Waals surface area contributed by atoms with Gasteiger partial charge >= 0.3 is 0 Å². The maximum absolute atomic E-state index is 14.4. The zero-order valence-electron chi connectivity index (χ0n) is 14.6. The summed E-state index contributed by atoms with van der Waals surface area (Å²) in [6.45, 7) is 2.70. The highest BCUT2D eigenvalue weighted by Gasteiger charge is 2.38. The molecule has 6 heteroatoms. The zero-order valence-corrected chi connectivity index (χ0v) is 14.6. The number of methoxy groups -OCH3 is 1. The van der Waals surface area contributed by atoms with Gasteiger partial charge in [0.1, 0.15) is 0 Å². The third kappa shape index (κ3) is 2.41. The van der Waals surface area contributed by atoms with Crippen LogP contribution in [0.4, 0.5) is 4.39 Å². The Morgan fingerprint density at radius 3 is 2.50 bits per heavy atom. The van der Waals surface area contributed by atoms with Gasteiger partial charge in [0, 0.05) is 12.1 Å². The number of halogens is 1. The van der Waals surface area contributed by atoms with Crippen molar-refractivity contribution in [3.63, 3.8) is 0 Å². The molecule has 4 rings (SSSR count). The summed E-state index contributed by atoms with van der Waals surface area (Å²) < 4.78 is 19.7. The molecule has 2 aromatic rings. The van der Waals surface area contributed by atoms with Gasteiger partial charge < -0.3 is 10.1 Å². The van der Waals surface area contributed by atoms with E-state index in [0.29, 0.717) is 23.2 Å². The molecule has 2 amide bonds. The Kier molecular flexibility index (Phi) is 4.00. The van der Waals surface area contributed by atoms with Gasteiger partial charge in [-0.1, -0.05) is 12.1 Å². The highest BCUT2D eigenvalue weighted by Crippen LogP contribution is 2.37. The quantitative estimate of drug-likeness (QED) is 0.861. The number of aryl methyl sites for hydroxylation is 1. The number of fused-ring (bicyclic) bond motifs is 2. The molecule has 2 aliphatic heterocycles. The summed E-state index contributed by atoms with van der Waals surface area (Å²) in [4.78, 5) is 26.5. The van der Waals surface area contributed by atoms with Gasteiger partial charge in [0.05, 0.1) is 24.3 Å². The number of nitrogens with one attached hydrogen (secondary N) is 1. The van der Waals surface area contributed by atoms with E-state index in [-0.39, 0.29) is 30.2 Å². The van der Waals surface area contributed by atoms with Crippen LogP contribution in [0.1, 0.15) is 43.4 Å². The van der Waals surface area contributed by atoms with Crippen LogP contribution in [0, 0.1) is 12.7 Å². The van der Waals surface area contributed by atoms with Gasteiger partial charge in [-0.3, -0.25) is 14.5 Å². The van der Waals surface area contributed by atoms with Crippen molar-refractivity contribution in [1.82, 2.24) is 10.2 Å². The van der Waals surface area contributed by atoms with Crippen molar-refractivity contribution in [3.8, 4) is 5.75 Å². The van der Waals surface area contributed by atoms with Gasteiger partial charge in [0.25, 0.3) is 11.8 Å². The predicted octanol–water partition coefficient (Wildman–Crippen LogP) is 2.63. The van der Waals surface area contributed by atoms with Crippen molar-refractivity contribution in [2.75, 3.05) is 20.2 Å². The molecule has 2 aromatic carbocycles. The average molecular weight is 354 g/mol. The highest BCUT2D eigenvalue weighted by molar-refractivity contribution is 6.21. The number of ether oxygens (including phenoxy) is 1. The second-order valence-electron chi connectivity index (χ2n) is 6.62. The monoisotopic (exact) mass is 354 g/mol. The second-order valence-corrected chi connectivity index (χ2v) is 6.62. The van der Waals surface area contributed by atoms with Crippen molar-refractivity contribution in [3.05, 3.63) is 64.0 Å². The van der Waals surface area contributed by atoms with E-state index in [4.69, 9.17) is 4.74 Å². The average Bonchev–Trinajstić information content (AvgIpc) is 2.88. The Morgan fingerprint density at radius 2 is 1.88 bits per heavy atom. The first kappa shape index (κ1) is 16.7. The summed E-state index contributed by atoms with van der Waals surface area (Å²) in [7, 11) is 1.43. The molecule has 0 bridgehead atoms. The molecule has 1 N–H and O–H groups in total. The molecule has 0 aliphatic carbocycles. The van der Waals surface area contributed by atoms with Crippen LogP contribution < -0.4 is 10.1 Å². The van der Waals surface area contributed by atoms with E-state index in [0.717, 1.165) is 17.5 Å². The summed E-state index contributed by atoms with van der Waals surface area (Å²) in [6.07, 6.45) is 0.746. The fourth-order valence-corrected chi connectivity index (χ4v) is 3.95. The standard InChI is InChI=1S/C20H19FN2O3/c1-11-9-15(21)18(26-2)17-12(11)7-8-22-16(17)10-23-19(24)13-5-3-4-6-14(13)20(23)25/h3-6,9,16,22H,7-8,10H2,1-2H3. The summed E-state index contributed by atoms with van der Waals surface area (Å²) in [5.41, 5.74) is 3.40. The maximum Gasteiger partial charge on any atom is 0.261 e. The Bertz CT molecular complexity index is 870. The molecule has 0 saturated carbocycles. The summed E-state index contributed by atoms with van der Waals surface area (Å²) >= 11 is 0. The molecule has 2 heterocycles. The number of carbonyl (C=O) groups is 2. The van der Waals surface area contributed by atoms with Gasteiger partial charge in [-0.2, -0.15) is 0 Å². The molecule has 0 radical (unpaired) electrons. The molecule has 0 aromatic heterocycles. The molecule has 2 aliphatic rings. The lowest BCUT2D eigenvalue weighted by Gasteiger charge is -2.32. The molecule has 26 heavy (non-hydrogen) atoms. The van der Waals surface area contributed by atoms with E-state index in [1.54, 1.807) is 24.3 Å². The van der Waals surface area contributed by atoms with Crippen LogP contribution in [-0.4, -0.2) is 36.9 Å². The van der Waals surface area contributed by atoms with Crippen LogP contribution >= 0.6 is 0 Å². The van der Waals surface area contributed by atoms with Crippen molar-refractivity contribution in [2.45, 2.75) is 19.4 Å². The first-order valence-electron chi connectivity index (χ1n) is 8.57. The molecule has 134 valence electrons. The van der Waals surface area contributed by atoms with E-state index in [9.17, 15) is 14.0 Å². The Labute approximate surface area is 150 Å². The van der Waals surface area contributed by atoms with Crippen LogP contribution in [0.5, 0.6) is 5.75 Å². The number of imide groups is 1. The van der Waals surface area contributed by atoms with Crippen molar-refractivity contribution in [2.24, 2.45) is 0 Å². The first-order valence-corrected chi connectivity index (χ1v) is 8.57. The Hall–Kier alpha value is -2.73. The number of nitrogens with zero attached hydrogens (tertiary/aromatic N) is 1. The molecule has 1 atom stereocenters. The number of carbonyl (C=O) groups excluding carboxylic acids is 2. The maximum atomic E-state index is 14.4. The van der Waals surface area contributed by atoms with Gasteiger partial charge in [0.2, 0.25) is 0 Å². The molecular weight excluding hydrogens is 335 g/mol. The normalized spacial score (nSPS) is 18.7. The highest BCUT2D eigenvalue weighted by atomic mass is 19.1. The third-order valence-electron chi connectivity index (χ3n) is 5.17. The van der Waals surface area contributed by atoms with Crippen LogP contribution in [0.25, 0.3) is 0 Å². The topological polar surface area (TPSA) is 58.6 Å². The van der Waals surface area contributed by atoms with E-state index < -0.39 is 5.82 Å². The summed E-state index contributed by atoms with van der Waals surface area (Å²) in [5.74, 6) is -0.877. The van der Waals surface area contributed by atoms with Crippen molar-refractivity contribution >= 4 is 11.8 Å². The van der Waals surface area contributed by atoms with E-state index in [1.807, 2.05) is 6.92 Å². The fourth-order valence-electron chi connectivity index (χ4n) is 3.95. The largest absolute Gasteiger partial charge is 0.493 e. The summed E-state index contributed by atoms with van der Waals surface area (Å²) in [5, 5.41) is 3.31. The van der Waals surface area contributed by atoms with E-state index in [2.05, 4.69) is 5.32 Å². The molecule has 0 saturated heterocycles. The van der Waals surface area contributed by atoms with Crippen molar-refractivity contribution in [1.29, 1.82) is 0 Å². The lowest BCUT2D eigenvalue weighted by molar-refractivity contribution is 0.0636. The third-order valence-corrected chi connectivity index (χ3v) is 5.17. The minimum Gasteiger partial charge on any atom is -0.493 e. The fraction of sp³-hybridized carbons (Fsp3) is 0.300. The van der Waals surface area contributed by atoms with Crippen LogP contribution in [0.2, 0.25) is 0 Å². The lowest BCUT2D eigenvalue weighted by Crippen LogP contribution is -2.42. The number of amides is 2.